The molecular formula is C17H28N4O3S. The number of aryl methyl sites for hydroxylation is 1. The second-order valence-corrected chi connectivity index (χ2v) is 9.22. The van der Waals surface area contributed by atoms with E-state index in [0.29, 0.717) is 37.3 Å². The van der Waals surface area contributed by atoms with E-state index in [2.05, 4.69) is 17.6 Å². The van der Waals surface area contributed by atoms with E-state index in [-0.39, 0.29) is 10.8 Å². The Morgan fingerprint density at radius 3 is 2.84 bits per heavy atom. The van der Waals surface area contributed by atoms with Crippen LogP contribution in [0.2, 0.25) is 0 Å². The molecule has 2 N–H and O–H groups in total. The molecule has 2 aliphatic rings. The van der Waals surface area contributed by atoms with Gasteiger partial charge in [-0.25, -0.2) is 8.42 Å². The molecule has 1 amide bonds. The molecule has 1 aromatic heterocycles. The van der Waals surface area contributed by atoms with Gasteiger partial charge in [-0.15, -0.1) is 0 Å². The number of hydrogen-bond acceptors (Lipinski definition) is 4. The van der Waals surface area contributed by atoms with Gasteiger partial charge in [-0.3, -0.25) is 4.79 Å². The molecule has 0 radical (unpaired) electrons. The van der Waals surface area contributed by atoms with Crippen LogP contribution in [0.25, 0.3) is 0 Å². The summed E-state index contributed by atoms with van der Waals surface area (Å²) in [7, 11) is -1.83. The molecule has 0 aromatic carbocycles. The average Bonchev–Trinajstić information content (AvgIpc) is 3.22. The van der Waals surface area contributed by atoms with Gasteiger partial charge in [0.15, 0.2) is 0 Å². The quantitative estimate of drug-likeness (QED) is 0.810. The lowest BCUT2D eigenvalue weighted by atomic mass is 10.0. The zero-order chi connectivity index (χ0) is 18.0. The highest BCUT2D eigenvalue weighted by atomic mass is 32.2. The first-order valence-corrected chi connectivity index (χ1v) is 10.5. The Kier molecular flexibility index (Phi) is 5.50. The maximum absolute atomic E-state index is 12.9. The fourth-order valence-electron chi connectivity index (χ4n) is 3.65. The SMILES string of the molecule is CC1CCCN(S(=O)(=O)c2cc(C(=O)NCC3CCCN3)n(C)c2)C1. The number of aromatic nitrogens is 1. The second-order valence-electron chi connectivity index (χ2n) is 7.29. The van der Waals surface area contributed by atoms with Crippen LogP contribution in [-0.2, 0) is 17.1 Å². The monoisotopic (exact) mass is 368 g/mol. The molecular weight excluding hydrogens is 340 g/mol. The van der Waals surface area contributed by atoms with Crippen LogP contribution in [0.15, 0.2) is 17.2 Å². The minimum atomic E-state index is -3.54. The highest BCUT2D eigenvalue weighted by Crippen LogP contribution is 2.24. The normalized spacial score (nSPS) is 25.2. The van der Waals surface area contributed by atoms with Crippen molar-refractivity contribution >= 4 is 15.9 Å². The molecule has 8 heteroatoms. The number of hydrogen-bond donors (Lipinski definition) is 2. The van der Waals surface area contributed by atoms with Gasteiger partial charge in [0.25, 0.3) is 5.91 Å². The van der Waals surface area contributed by atoms with Gasteiger partial charge in [0, 0.05) is 38.9 Å². The summed E-state index contributed by atoms with van der Waals surface area (Å²) in [5.74, 6) is 0.138. The zero-order valence-corrected chi connectivity index (χ0v) is 15.8. The Morgan fingerprint density at radius 1 is 1.36 bits per heavy atom. The van der Waals surface area contributed by atoms with E-state index in [1.807, 2.05) is 0 Å². The number of nitrogens with zero attached hydrogens (tertiary/aromatic N) is 2. The van der Waals surface area contributed by atoms with Crippen molar-refractivity contribution in [1.29, 1.82) is 0 Å². The molecule has 3 rings (SSSR count). The fraction of sp³-hybridized carbons (Fsp3) is 0.706. The summed E-state index contributed by atoms with van der Waals surface area (Å²) in [6, 6.07) is 1.80. The first-order valence-electron chi connectivity index (χ1n) is 9.06. The standard InChI is InChI=1S/C17H28N4O3S/c1-13-5-4-8-21(11-13)25(23,24)15-9-16(20(2)12-15)17(22)19-10-14-6-3-7-18-14/h9,12-14,18H,3-8,10-11H2,1-2H3,(H,19,22). The van der Waals surface area contributed by atoms with Crippen LogP contribution in [0.5, 0.6) is 0 Å². The van der Waals surface area contributed by atoms with Gasteiger partial charge in [0.05, 0.1) is 0 Å². The van der Waals surface area contributed by atoms with Crippen LogP contribution < -0.4 is 10.6 Å². The van der Waals surface area contributed by atoms with Gasteiger partial charge >= 0.3 is 0 Å². The third-order valence-electron chi connectivity index (χ3n) is 5.14. The van der Waals surface area contributed by atoms with Crippen LogP contribution in [-0.4, -0.2) is 55.4 Å². The summed E-state index contributed by atoms with van der Waals surface area (Å²) in [5, 5.41) is 6.23. The molecule has 2 atom stereocenters. The van der Waals surface area contributed by atoms with E-state index in [9.17, 15) is 13.2 Å². The Morgan fingerprint density at radius 2 is 2.16 bits per heavy atom. The van der Waals surface area contributed by atoms with Crippen molar-refractivity contribution in [2.24, 2.45) is 13.0 Å². The average molecular weight is 369 g/mol. The van der Waals surface area contributed by atoms with Crippen LogP contribution in [0.4, 0.5) is 0 Å². The summed E-state index contributed by atoms with van der Waals surface area (Å²) in [5.41, 5.74) is 0.377. The lowest BCUT2D eigenvalue weighted by Crippen LogP contribution is -2.39. The van der Waals surface area contributed by atoms with Crippen molar-refractivity contribution in [3.8, 4) is 0 Å². The number of carbonyl (C=O) groups is 1. The summed E-state index contributed by atoms with van der Waals surface area (Å²) in [4.78, 5) is 12.6. The Balaban J connectivity index is 1.71. The fourth-order valence-corrected chi connectivity index (χ4v) is 5.32. The molecule has 1 aromatic rings. The van der Waals surface area contributed by atoms with Crippen LogP contribution in [0.3, 0.4) is 0 Å². The van der Waals surface area contributed by atoms with E-state index in [4.69, 9.17) is 0 Å². The molecule has 0 spiro atoms. The molecule has 0 aliphatic carbocycles. The summed E-state index contributed by atoms with van der Waals surface area (Å²) in [6.07, 6.45) is 5.66. The third kappa shape index (κ3) is 4.07. The van der Waals surface area contributed by atoms with E-state index < -0.39 is 10.0 Å². The van der Waals surface area contributed by atoms with Crippen LogP contribution in [0.1, 0.15) is 43.1 Å². The van der Waals surface area contributed by atoms with Crippen molar-refractivity contribution in [3.63, 3.8) is 0 Å². The van der Waals surface area contributed by atoms with Crippen molar-refractivity contribution in [2.75, 3.05) is 26.2 Å². The molecule has 2 fully saturated rings. The third-order valence-corrected chi connectivity index (χ3v) is 6.97. The molecule has 25 heavy (non-hydrogen) atoms. The van der Waals surface area contributed by atoms with E-state index >= 15 is 0 Å². The minimum Gasteiger partial charge on any atom is -0.349 e. The van der Waals surface area contributed by atoms with Crippen molar-refractivity contribution in [3.05, 3.63) is 18.0 Å². The predicted octanol–water partition coefficient (Wildman–Crippen LogP) is 0.928. The summed E-state index contributed by atoms with van der Waals surface area (Å²) in [6.45, 7) is 4.72. The lowest BCUT2D eigenvalue weighted by molar-refractivity contribution is 0.0942. The van der Waals surface area contributed by atoms with Crippen LogP contribution >= 0.6 is 0 Å². The maximum Gasteiger partial charge on any atom is 0.267 e. The highest BCUT2D eigenvalue weighted by molar-refractivity contribution is 7.89. The molecule has 2 aliphatic heterocycles. The predicted molar refractivity (Wildman–Crippen MR) is 95.9 cm³/mol. The van der Waals surface area contributed by atoms with Gasteiger partial charge in [-0.1, -0.05) is 6.92 Å². The molecule has 3 heterocycles. The molecule has 140 valence electrons. The number of rotatable bonds is 5. The highest BCUT2D eigenvalue weighted by Gasteiger charge is 2.30. The van der Waals surface area contributed by atoms with Crippen LogP contribution in [0, 0.1) is 5.92 Å². The molecule has 2 unspecified atom stereocenters. The van der Waals surface area contributed by atoms with Crippen molar-refractivity contribution in [1.82, 2.24) is 19.5 Å². The number of amides is 1. The van der Waals surface area contributed by atoms with E-state index in [1.165, 1.54) is 12.3 Å². The molecule has 0 bridgehead atoms. The van der Waals surface area contributed by atoms with Crippen molar-refractivity contribution < 1.29 is 13.2 Å². The number of sulfonamides is 1. The minimum absolute atomic E-state index is 0.202. The zero-order valence-electron chi connectivity index (χ0n) is 15.0. The number of nitrogens with one attached hydrogen (secondary N) is 2. The molecule has 7 nitrogen and oxygen atoms in total. The van der Waals surface area contributed by atoms with Gasteiger partial charge in [-0.2, -0.15) is 4.31 Å². The van der Waals surface area contributed by atoms with Crippen molar-refractivity contribution in [2.45, 2.75) is 43.5 Å². The first kappa shape index (κ1) is 18.4. The van der Waals surface area contributed by atoms with Gasteiger partial charge in [-0.05, 0) is 44.2 Å². The molecule has 0 saturated carbocycles. The van der Waals surface area contributed by atoms with Gasteiger partial charge < -0.3 is 15.2 Å². The second kappa shape index (κ2) is 7.47. The summed E-state index contributed by atoms with van der Waals surface area (Å²) >= 11 is 0. The van der Waals surface area contributed by atoms with E-state index in [1.54, 1.807) is 15.9 Å². The topological polar surface area (TPSA) is 83.4 Å². The maximum atomic E-state index is 12.9. The van der Waals surface area contributed by atoms with Gasteiger partial charge in [0.1, 0.15) is 10.6 Å². The smallest absolute Gasteiger partial charge is 0.267 e. The Hall–Kier alpha value is -1.38. The lowest BCUT2D eigenvalue weighted by Gasteiger charge is -2.29. The number of piperidine rings is 1. The van der Waals surface area contributed by atoms with E-state index in [0.717, 1.165) is 32.2 Å². The van der Waals surface area contributed by atoms with Gasteiger partial charge in [0.2, 0.25) is 10.0 Å². The summed E-state index contributed by atoms with van der Waals surface area (Å²) < 4.78 is 28.9. The Bertz CT molecular complexity index is 722. The first-order chi connectivity index (χ1) is 11.9. The molecule has 2 saturated heterocycles. The number of carbonyl (C=O) groups excluding carboxylic acids is 1. The largest absolute Gasteiger partial charge is 0.349 e. The Labute approximate surface area is 149 Å².